The average Bonchev–Trinajstić information content (AvgIpc) is 2.76. The third-order valence-corrected chi connectivity index (χ3v) is 3.97. The summed E-state index contributed by atoms with van der Waals surface area (Å²) in [5.74, 6) is 0.751. The molecule has 0 aromatic carbocycles. The standard InChI is InChI=1S/C15H27N3/c1-4-7-18-9-5-14(12-18)10-16-15-6-8-17(3)11-13(15)2/h5,9,12-13,15-16H,4,6-8,10-11H2,1-3H3. The zero-order valence-corrected chi connectivity index (χ0v) is 12.0. The molecule has 2 rings (SSSR count). The van der Waals surface area contributed by atoms with E-state index in [2.05, 4.69) is 54.1 Å². The Morgan fingerprint density at radius 3 is 3.00 bits per heavy atom. The molecule has 0 bridgehead atoms. The highest BCUT2D eigenvalue weighted by atomic mass is 15.1. The number of aromatic nitrogens is 1. The zero-order valence-electron chi connectivity index (χ0n) is 12.0. The summed E-state index contributed by atoms with van der Waals surface area (Å²) in [6.07, 6.45) is 6.94. The highest BCUT2D eigenvalue weighted by Gasteiger charge is 2.23. The van der Waals surface area contributed by atoms with Crippen LogP contribution in [0.1, 0.15) is 32.3 Å². The molecule has 2 unspecified atom stereocenters. The van der Waals surface area contributed by atoms with Gasteiger partial charge in [0.15, 0.2) is 0 Å². The molecule has 1 aliphatic heterocycles. The quantitative estimate of drug-likeness (QED) is 0.864. The van der Waals surface area contributed by atoms with Crippen LogP contribution < -0.4 is 5.32 Å². The van der Waals surface area contributed by atoms with Crippen LogP contribution in [-0.4, -0.2) is 35.6 Å². The van der Waals surface area contributed by atoms with Crippen molar-refractivity contribution in [1.29, 1.82) is 0 Å². The second-order valence-electron chi connectivity index (χ2n) is 5.77. The first kappa shape index (κ1) is 13.6. The Morgan fingerprint density at radius 1 is 1.44 bits per heavy atom. The average molecular weight is 249 g/mol. The zero-order chi connectivity index (χ0) is 13.0. The number of nitrogens with one attached hydrogen (secondary N) is 1. The van der Waals surface area contributed by atoms with Crippen molar-refractivity contribution in [3.63, 3.8) is 0 Å². The van der Waals surface area contributed by atoms with Crippen molar-refractivity contribution in [2.75, 3.05) is 20.1 Å². The van der Waals surface area contributed by atoms with Gasteiger partial charge in [0, 0.05) is 38.1 Å². The molecule has 1 aliphatic rings. The van der Waals surface area contributed by atoms with Crippen LogP contribution in [0.15, 0.2) is 18.5 Å². The number of rotatable bonds is 5. The smallest absolute Gasteiger partial charge is 0.0223 e. The van der Waals surface area contributed by atoms with Crippen LogP contribution >= 0.6 is 0 Å². The number of hydrogen-bond donors (Lipinski definition) is 1. The molecule has 0 radical (unpaired) electrons. The van der Waals surface area contributed by atoms with Crippen molar-refractivity contribution < 1.29 is 0 Å². The van der Waals surface area contributed by atoms with Crippen molar-refractivity contribution >= 4 is 0 Å². The van der Waals surface area contributed by atoms with Gasteiger partial charge in [0.1, 0.15) is 0 Å². The Morgan fingerprint density at radius 2 is 2.28 bits per heavy atom. The summed E-state index contributed by atoms with van der Waals surface area (Å²) in [5.41, 5.74) is 1.41. The molecular weight excluding hydrogens is 222 g/mol. The molecular formula is C15H27N3. The van der Waals surface area contributed by atoms with E-state index in [1.165, 1.54) is 31.5 Å². The summed E-state index contributed by atoms with van der Waals surface area (Å²) >= 11 is 0. The highest BCUT2D eigenvalue weighted by molar-refractivity contribution is 5.10. The topological polar surface area (TPSA) is 20.2 Å². The number of hydrogen-bond acceptors (Lipinski definition) is 2. The fourth-order valence-corrected chi connectivity index (χ4v) is 2.90. The first-order valence-electron chi connectivity index (χ1n) is 7.25. The van der Waals surface area contributed by atoms with Crippen molar-refractivity contribution in [2.24, 2.45) is 5.92 Å². The molecule has 1 fully saturated rings. The van der Waals surface area contributed by atoms with Gasteiger partial charge in [-0.25, -0.2) is 0 Å². The highest BCUT2D eigenvalue weighted by Crippen LogP contribution is 2.16. The Bertz CT molecular complexity index is 358. The summed E-state index contributed by atoms with van der Waals surface area (Å²) in [6, 6.07) is 2.91. The molecule has 1 aromatic rings. The maximum absolute atomic E-state index is 3.72. The van der Waals surface area contributed by atoms with Crippen LogP contribution in [0.4, 0.5) is 0 Å². The van der Waals surface area contributed by atoms with E-state index in [1.54, 1.807) is 0 Å². The van der Waals surface area contributed by atoms with Gasteiger partial charge in [0.05, 0.1) is 0 Å². The van der Waals surface area contributed by atoms with Crippen molar-refractivity contribution in [1.82, 2.24) is 14.8 Å². The maximum atomic E-state index is 3.72. The minimum Gasteiger partial charge on any atom is -0.354 e. The van der Waals surface area contributed by atoms with E-state index in [0.717, 1.165) is 19.0 Å². The van der Waals surface area contributed by atoms with Crippen LogP contribution in [0.5, 0.6) is 0 Å². The number of likely N-dealkylation sites (tertiary alicyclic amines) is 1. The Balaban J connectivity index is 1.79. The Hall–Kier alpha value is -0.800. The molecule has 102 valence electrons. The normalized spacial score (nSPS) is 25.5. The molecule has 1 aromatic heterocycles. The second-order valence-corrected chi connectivity index (χ2v) is 5.77. The first-order chi connectivity index (χ1) is 8.69. The van der Waals surface area contributed by atoms with E-state index in [0.29, 0.717) is 6.04 Å². The van der Waals surface area contributed by atoms with E-state index < -0.39 is 0 Å². The van der Waals surface area contributed by atoms with Gasteiger partial charge in [0.2, 0.25) is 0 Å². The molecule has 0 saturated carbocycles. The van der Waals surface area contributed by atoms with E-state index in [4.69, 9.17) is 0 Å². The molecule has 3 heteroatoms. The lowest BCUT2D eigenvalue weighted by molar-refractivity contribution is 0.174. The number of aryl methyl sites for hydroxylation is 1. The van der Waals surface area contributed by atoms with Crippen LogP contribution in [0, 0.1) is 5.92 Å². The first-order valence-corrected chi connectivity index (χ1v) is 7.25. The number of nitrogens with zero attached hydrogens (tertiary/aromatic N) is 2. The van der Waals surface area contributed by atoms with Gasteiger partial charge in [-0.3, -0.25) is 0 Å². The molecule has 1 N–H and O–H groups in total. The molecule has 3 nitrogen and oxygen atoms in total. The SMILES string of the molecule is CCCn1ccc(CNC2CCN(C)CC2C)c1. The van der Waals surface area contributed by atoms with E-state index >= 15 is 0 Å². The monoisotopic (exact) mass is 249 g/mol. The second kappa shape index (κ2) is 6.39. The third kappa shape index (κ3) is 3.59. The number of piperidine rings is 1. The molecule has 0 amide bonds. The molecule has 0 aliphatic carbocycles. The Kier molecular flexibility index (Phi) is 4.84. The molecule has 0 spiro atoms. The Labute approximate surface area is 111 Å². The van der Waals surface area contributed by atoms with Crippen LogP contribution in [0.2, 0.25) is 0 Å². The largest absolute Gasteiger partial charge is 0.354 e. The third-order valence-electron chi connectivity index (χ3n) is 3.97. The van der Waals surface area contributed by atoms with Crippen LogP contribution in [-0.2, 0) is 13.1 Å². The van der Waals surface area contributed by atoms with Gasteiger partial charge in [-0.05, 0) is 44.0 Å². The fourth-order valence-electron chi connectivity index (χ4n) is 2.90. The van der Waals surface area contributed by atoms with Crippen molar-refractivity contribution in [3.05, 3.63) is 24.0 Å². The van der Waals surface area contributed by atoms with Gasteiger partial charge in [-0.2, -0.15) is 0 Å². The summed E-state index contributed by atoms with van der Waals surface area (Å²) < 4.78 is 2.29. The van der Waals surface area contributed by atoms with E-state index in [9.17, 15) is 0 Å². The van der Waals surface area contributed by atoms with Gasteiger partial charge in [0.25, 0.3) is 0 Å². The lowest BCUT2D eigenvalue weighted by Crippen LogP contribution is -2.46. The predicted molar refractivity (Wildman–Crippen MR) is 76.6 cm³/mol. The summed E-state index contributed by atoms with van der Waals surface area (Å²) in [5, 5.41) is 3.72. The maximum Gasteiger partial charge on any atom is 0.0223 e. The summed E-state index contributed by atoms with van der Waals surface area (Å²) in [6.45, 7) is 9.15. The lowest BCUT2D eigenvalue weighted by Gasteiger charge is -2.35. The summed E-state index contributed by atoms with van der Waals surface area (Å²) in [4.78, 5) is 2.43. The van der Waals surface area contributed by atoms with Gasteiger partial charge in [-0.15, -0.1) is 0 Å². The van der Waals surface area contributed by atoms with E-state index in [-0.39, 0.29) is 0 Å². The van der Waals surface area contributed by atoms with Crippen LogP contribution in [0.3, 0.4) is 0 Å². The van der Waals surface area contributed by atoms with Crippen molar-refractivity contribution in [2.45, 2.75) is 45.8 Å². The fraction of sp³-hybridized carbons (Fsp3) is 0.733. The van der Waals surface area contributed by atoms with Crippen LogP contribution in [0.25, 0.3) is 0 Å². The van der Waals surface area contributed by atoms with Crippen molar-refractivity contribution in [3.8, 4) is 0 Å². The minimum absolute atomic E-state index is 0.677. The van der Waals surface area contributed by atoms with E-state index in [1.807, 2.05) is 0 Å². The summed E-state index contributed by atoms with van der Waals surface area (Å²) in [7, 11) is 2.22. The lowest BCUT2D eigenvalue weighted by atomic mass is 9.94. The molecule has 2 atom stereocenters. The van der Waals surface area contributed by atoms with Gasteiger partial charge >= 0.3 is 0 Å². The molecule has 2 heterocycles. The molecule has 1 saturated heterocycles. The van der Waals surface area contributed by atoms with Gasteiger partial charge < -0.3 is 14.8 Å². The molecule has 18 heavy (non-hydrogen) atoms. The predicted octanol–water partition coefficient (Wildman–Crippen LogP) is 2.33. The van der Waals surface area contributed by atoms with Gasteiger partial charge in [-0.1, -0.05) is 13.8 Å². The minimum atomic E-state index is 0.677.